The second-order valence-electron chi connectivity index (χ2n) is 10.0. The first kappa shape index (κ1) is 22.9. The molecule has 0 radical (unpaired) electrons. The minimum atomic E-state index is -0.566. The third kappa shape index (κ3) is 4.92. The van der Waals surface area contributed by atoms with Crippen molar-refractivity contribution in [3.05, 3.63) is 58.7 Å². The van der Waals surface area contributed by atoms with E-state index in [1.165, 1.54) is 6.92 Å². The highest BCUT2D eigenvalue weighted by atomic mass is 16.6. The van der Waals surface area contributed by atoms with Crippen LogP contribution in [0.25, 0.3) is 0 Å². The Morgan fingerprint density at radius 1 is 0.968 bits per heavy atom. The second kappa shape index (κ2) is 8.37. The van der Waals surface area contributed by atoms with E-state index in [0.717, 1.165) is 22.3 Å². The number of fused-ring (bicyclic) bond motifs is 1. The van der Waals surface area contributed by atoms with Crippen molar-refractivity contribution >= 4 is 11.9 Å². The Kier molecular flexibility index (Phi) is 6.17. The minimum absolute atomic E-state index is 0.0781. The lowest BCUT2D eigenvalue weighted by molar-refractivity contribution is -0.141. The molecule has 0 unspecified atom stereocenters. The first-order chi connectivity index (χ1) is 14.4. The Morgan fingerprint density at radius 3 is 2.26 bits per heavy atom. The van der Waals surface area contributed by atoms with Crippen molar-refractivity contribution in [3.8, 4) is 11.5 Å². The van der Waals surface area contributed by atoms with Gasteiger partial charge < -0.3 is 14.2 Å². The van der Waals surface area contributed by atoms with Crippen LogP contribution in [-0.4, -0.2) is 25.2 Å². The lowest BCUT2D eigenvalue weighted by Gasteiger charge is -2.27. The first-order valence-corrected chi connectivity index (χ1v) is 10.7. The van der Waals surface area contributed by atoms with Crippen LogP contribution in [0.2, 0.25) is 0 Å². The molecule has 31 heavy (non-hydrogen) atoms. The molecule has 0 aliphatic carbocycles. The van der Waals surface area contributed by atoms with Crippen LogP contribution >= 0.6 is 0 Å². The molecule has 0 fully saturated rings. The SMILES string of the molecule is CC(=O)OCCOc1ccccc1[C@@H]1C(=O)Oc2c1cc(C(C)(C)C)cc2C(C)(C)C. The molecule has 0 saturated carbocycles. The Hall–Kier alpha value is -2.82. The van der Waals surface area contributed by atoms with Gasteiger partial charge in [-0.25, -0.2) is 0 Å². The van der Waals surface area contributed by atoms with Crippen LogP contribution in [0.1, 0.15) is 76.6 Å². The van der Waals surface area contributed by atoms with Gasteiger partial charge in [0, 0.05) is 23.6 Å². The van der Waals surface area contributed by atoms with Gasteiger partial charge in [0.25, 0.3) is 0 Å². The van der Waals surface area contributed by atoms with E-state index >= 15 is 0 Å². The van der Waals surface area contributed by atoms with Gasteiger partial charge in [-0.15, -0.1) is 0 Å². The summed E-state index contributed by atoms with van der Waals surface area (Å²) < 4.78 is 16.7. The average molecular weight is 425 g/mol. The Bertz CT molecular complexity index is 992. The summed E-state index contributed by atoms with van der Waals surface area (Å²) in [5.41, 5.74) is 3.55. The van der Waals surface area contributed by atoms with Gasteiger partial charge in [-0.3, -0.25) is 9.59 Å². The number of carbonyl (C=O) groups excluding carboxylic acids is 2. The topological polar surface area (TPSA) is 61.8 Å². The smallest absolute Gasteiger partial charge is 0.323 e. The number of carbonyl (C=O) groups is 2. The molecule has 0 amide bonds. The highest BCUT2D eigenvalue weighted by Gasteiger charge is 2.40. The zero-order valence-electron chi connectivity index (χ0n) is 19.5. The van der Waals surface area contributed by atoms with E-state index < -0.39 is 5.92 Å². The number of esters is 2. The van der Waals surface area contributed by atoms with Crippen LogP contribution in [0.4, 0.5) is 0 Å². The summed E-state index contributed by atoms with van der Waals surface area (Å²) in [5, 5.41) is 0. The van der Waals surface area contributed by atoms with Crippen LogP contribution in [-0.2, 0) is 25.2 Å². The van der Waals surface area contributed by atoms with E-state index in [1.807, 2.05) is 24.3 Å². The molecule has 5 heteroatoms. The van der Waals surface area contributed by atoms with Crippen molar-refractivity contribution in [2.75, 3.05) is 13.2 Å². The van der Waals surface area contributed by atoms with Crippen LogP contribution < -0.4 is 9.47 Å². The van der Waals surface area contributed by atoms with Gasteiger partial charge in [0.15, 0.2) is 0 Å². The predicted molar refractivity (Wildman–Crippen MR) is 120 cm³/mol. The molecule has 1 aliphatic heterocycles. The number of ether oxygens (including phenoxy) is 3. The molecule has 2 aromatic carbocycles. The van der Waals surface area contributed by atoms with Crippen LogP contribution in [0.3, 0.4) is 0 Å². The standard InChI is InChI=1S/C26H32O5/c1-16(27)29-12-13-30-21-11-9-8-10-18(21)22-19-14-17(25(2,3)4)15-20(26(5,6)7)23(19)31-24(22)28/h8-11,14-15,22H,12-13H2,1-7H3/t22-/m0/s1. The van der Waals surface area contributed by atoms with Gasteiger partial charge >= 0.3 is 11.9 Å². The van der Waals surface area contributed by atoms with Gasteiger partial charge in [0.1, 0.15) is 30.6 Å². The summed E-state index contributed by atoms with van der Waals surface area (Å²) in [6.07, 6.45) is 0. The summed E-state index contributed by atoms with van der Waals surface area (Å²) in [6.45, 7) is 14.6. The van der Waals surface area contributed by atoms with Gasteiger partial charge in [0.2, 0.25) is 0 Å². The van der Waals surface area contributed by atoms with Gasteiger partial charge in [0.05, 0.1) is 0 Å². The number of hydrogen-bond acceptors (Lipinski definition) is 5. The van der Waals surface area contributed by atoms with E-state index in [1.54, 1.807) is 0 Å². The fourth-order valence-corrected chi connectivity index (χ4v) is 3.74. The summed E-state index contributed by atoms with van der Waals surface area (Å²) in [5.74, 6) is 0.0219. The van der Waals surface area contributed by atoms with Crippen molar-refractivity contribution in [3.63, 3.8) is 0 Å². The van der Waals surface area contributed by atoms with Crippen molar-refractivity contribution in [2.24, 2.45) is 0 Å². The molecule has 0 N–H and O–H groups in total. The Balaban J connectivity index is 2.07. The van der Waals surface area contributed by atoms with E-state index in [9.17, 15) is 9.59 Å². The van der Waals surface area contributed by atoms with Gasteiger partial charge in [-0.1, -0.05) is 71.9 Å². The maximum absolute atomic E-state index is 13.1. The van der Waals surface area contributed by atoms with Crippen LogP contribution in [0.5, 0.6) is 11.5 Å². The number of hydrogen-bond donors (Lipinski definition) is 0. The normalized spacial score (nSPS) is 16.0. The Labute approximate surface area is 184 Å². The molecule has 1 atom stereocenters. The van der Waals surface area contributed by atoms with Crippen molar-refractivity contribution in [1.29, 1.82) is 0 Å². The van der Waals surface area contributed by atoms with Gasteiger partial charge in [-0.2, -0.15) is 0 Å². The minimum Gasteiger partial charge on any atom is -0.490 e. The van der Waals surface area contributed by atoms with E-state index in [0.29, 0.717) is 11.5 Å². The molecule has 0 bridgehead atoms. The molecule has 0 spiro atoms. The highest BCUT2D eigenvalue weighted by Crippen LogP contribution is 2.48. The summed E-state index contributed by atoms with van der Waals surface area (Å²) >= 11 is 0. The predicted octanol–water partition coefficient (Wildman–Crippen LogP) is 5.27. The van der Waals surface area contributed by atoms with Crippen molar-refractivity contribution in [2.45, 2.75) is 65.2 Å². The molecular formula is C26H32O5. The van der Waals surface area contributed by atoms with Crippen molar-refractivity contribution in [1.82, 2.24) is 0 Å². The molecule has 5 nitrogen and oxygen atoms in total. The molecule has 0 saturated heterocycles. The summed E-state index contributed by atoms with van der Waals surface area (Å²) in [6, 6.07) is 11.7. The first-order valence-electron chi connectivity index (χ1n) is 10.7. The summed E-state index contributed by atoms with van der Waals surface area (Å²) in [7, 11) is 0. The fourth-order valence-electron chi connectivity index (χ4n) is 3.74. The fraction of sp³-hybridized carbons (Fsp3) is 0.462. The molecule has 3 rings (SSSR count). The maximum Gasteiger partial charge on any atom is 0.323 e. The Morgan fingerprint density at radius 2 is 1.65 bits per heavy atom. The van der Waals surface area contributed by atoms with E-state index in [2.05, 4.69) is 53.7 Å². The molecular weight excluding hydrogens is 392 g/mol. The largest absolute Gasteiger partial charge is 0.490 e. The lowest BCUT2D eigenvalue weighted by atomic mass is 9.77. The molecule has 166 valence electrons. The third-order valence-corrected chi connectivity index (χ3v) is 5.42. The lowest BCUT2D eigenvalue weighted by Crippen LogP contribution is -2.17. The second-order valence-corrected chi connectivity index (χ2v) is 10.0. The number of para-hydroxylation sites is 1. The molecule has 1 aliphatic rings. The summed E-state index contributed by atoms with van der Waals surface area (Å²) in [4.78, 5) is 24.1. The quantitative estimate of drug-likeness (QED) is 0.371. The molecule has 1 heterocycles. The highest BCUT2D eigenvalue weighted by molar-refractivity contribution is 5.91. The maximum atomic E-state index is 13.1. The number of benzene rings is 2. The average Bonchev–Trinajstić information content (AvgIpc) is 2.98. The van der Waals surface area contributed by atoms with Crippen LogP contribution in [0.15, 0.2) is 36.4 Å². The van der Waals surface area contributed by atoms with Crippen molar-refractivity contribution < 1.29 is 23.8 Å². The molecule has 2 aromatic rings. The van der Waals surface area contributed by atoms with Crippen LogP contribution in [0, 0.1) is 0 Å². The molecule has 0 aromatic heterocycles. The zero-order chi connectivity index (χ0) is 23.0. The van der Waals surface area contributed by atoms with E-state index in [-0.39, 0.29) is 36.0 Å². The number of rotatable bonds is 5. The third-order valence-electron chi connectivity index (χ3n) is 5.42. The monoisotopic (exact) mass is 424 g/mol. The van der Waals surface area contributed by atoms with E-state index in [4.69, 9.17) is 14.2 Å². The van der Waals surface area contributed by atoms with Gasteiger partial charge in [-0.05, 0) is 22.5 Å². The zero-order valence-corrected chi connectivity index (χ0v) is 19.5.